The summed E-state index contributed by atoms with van der Waals surface area (Å²) in [4.78, 5) is 12.1. The van der Waals surface area contributed by atoms with Gasteiger partial charge in [0.25, 0.3) is 5.91 Å². The molecule has 0 radical (unpaired) electrons. The molecule has 0 spiro atoms. The van der Waals surface area contributed by atoms with Gasteiger partial charge in [-0.2, -0.15) is 5.10 Å². The van der Waals surface area contributed by atoms with Crippen molar-refractivity contribution >= 4 is 23.7 Å². The van der Waals surface area contributed by atoms with Gasteiger partial charge in [0.2, 0.25) is 0 Å². The molecule has 3 rings (SSSR count). The van der Waals surface area contributed by atoms with Gasteiger partial charge in [-0.15, -0.1) is 0 Å². The highest BCUT2D eigenvalue weighted by Gasteiger charge is 2.04. The van der Waals surface area contributed by atoms with E-state index >= 15 is 0 Å². The lowest BCUT2D eigenvalue weighted by Gasteiger charge is -2.09. The Bertz CT molecular complexity index is 1020. The third-order valence-corrected chi connectivity index (χ3v) is 4.45. The molecule has 0 saturated heterocycles. The van der Waals surface area contributed by atoms with Crippen molar-refractivity contribution < 1.29 is 19.0 Å². The van der Waals surface area contributed by atoms with Gasteiger partial charge < -0.3 is 14.2 Å². The summed E-state index contributed by atoms with van der Waals surface area (Å²) in [5.41, 5.74) is 3.73. The monoisotopic (exact) mass is 438 g/mol. The summed E-state index contributed by atoms with van der Waals surface area (Å²) in [6.07, 6.45) is 2.29. The molecule has 0 aliphatic carbocycles. The number of nitrogens with one attached hydrogen (secondary N) is 1. The Balaban J connectivity index is 1.41. The van der Waals surface area contributed by atoms with E-state index in [-0.39, 0.29) is 5.91 Å². The van der Waals surface area contributed by atoms with Gasteiger partial charge >= 0.3 is 0 Å². The number of ether oxygens (including phenoxy) is 3. The van der Waals surface area contributed by atoms with Crippen LogP contribution in [0.15, 0.2) is 77.9 Å². The predicted molar refractivity (Wildman–Crippen MR) is 122 cm³/mol. The molecule has 0 atom stereocenters. The van der Waals surface area contributed by atoms with E-state index in [2.05, 4.69) is 10.5 Å². The molecule has 1 N–H and O–H groups in total. The van der Waals surface area contributed by atoms with Crippen molar-refractivity contribution in [2.24, 2.45) is 5.10 Å². The van der Waals surface area contributed by atoms with Crippen LogP contribution in [0, 0.1) is 0 Å². The fraction of sp³-hybridized carbons (Fsp3) is 0.167. The average molecular weight is 439 g/mol. The van der Waals surface area contributed by atoms with Crippen LogP contribution in [0.3, 0.4) is 0 Å². The van der Waals surface area contributed by atoms with Crippen LogP contribution in [-0.2, 0) is 0 Å². The largest absolute Gasteiger partial charge is 0.497 e. The van der Waals surface area contributed by atoms with E-state index in [1.807, 2.05) is 48.5 Å². The van der Waals surface area contributed by atoms with Crippen LogP contribution in [0.2, 0.25) is 5.02 Å². The molecule has 0 aliphatic rings. The molecule has 0 fully saturated rings. The van der Waals surface area contributed by atoms with Gasteiger partial charge in [-0.1, -0.05) is 29.8 Å². The number of benzene rings is 3. The van der Waals surface area contributed by atoms with Crippen LogP contribution in [0.1, 0.15) is 22.3 Å². The molecule has 160 valence electrons. The van der Waals surface area contributed by atoms with Crippen molar-refractivity contribution in [3.05, 3.63) is 88.9 Å². The van der Waals surface area contributed by atoms with Crippen LogP contribution >= 0.6 is 11.6 Å². The maximum atomic E-state index is 12.1. The molecular formula is C24H23ClN2O4. The Labute approximate surface area is 186 Å². The summed E-state index contributed by atoms with van der Waals surface area (Å²) in [6, 6.07) is 21.6. The third-order valence-electron chi connectivity index (χ3n) is 4.21. The Hall–Kier alpha value is -3.51. The van der Waals surface area contributed by atoms with E-state index in [4.69, 9.17) is 25.8 Å². The lowest BCUT2D eigenvalue weighted by atomic mass is 10.2. The third kappa shape index (κ3) is 7.35. The number of carbonyl (C=O) groups is 1. The minimum atomic E-state index is -0.331. The molecule has 0 saturated carbocycles. The number of carbonyl (C=O) groups excluding carboxylic acids is 1. The predicted octanol–water partition coefficient (Wildman–Crippen LogP) is 4.96. The van der Waals surface area contributed by atoms with Crippen molar-refractivity contribution in [2.75, 3.05) is 20.3 Å². The highest BCUT2D eigenvalue weighted by Crippen LogP contribution is 2.17. The zero-order valence-corrected chi connectivity index (χ0v) is 17.8. The van der Waals surface area contributed by atoms with Gasteiger partial charge in [0.15, 0.2) is 0 Å². The van der Waals surface area contributed by atoms with Gasteiger partial charge in [0.05, 0.1) is 26.5 Å². The van der Waals surface area contributed by atoms with Crippen LogP contribution in [-0.4, -0.2) is 32.4 Å². The fourth-order valence-electron chi connectivity index (χ4n) is 2.66. The first-order valence-corrected chi connectivity index (χ1v) is 10.1. The SMILES string of the molecule is COc1ccc(OCCCOc2cccc(/C=N\NC(=O)c3cccc(Cl)c3)c2)cc1. The molecule has 3 aromatic carbocycles. The first kappa shape index (κ1) is 22.2. The molecule has 0 bridgehead atoms. The molecule has 7 heteroatoms. The minimum absolute atomic E-state index is 0.331. The second kappa shape index (κ2) is 11.6. The molecular weight excluding hydrogens is 416 g/mol. The highest BCUT2D eigenvalue weighted by atomic mass is 35.5. The molecule has 31 heavy (non-hydrogen) atoms. The number of amides is 1. The van der Waals surface area contributed by atoms with Crippen molar-refractivity contribution in [1.82, 2.24) is 5.43 Å². The lowest BCUT2D eigenvalue weighted by Crippen LogP contribution is -2.17. The molecule has 6 nitrogen and oxygen atoms in total. The first-order valence-electron chi connectivity index (χ1n) is 9.73. The minimum Gasteiger partial charge on any atom is -0.497 e. The molecule has 3 aromatic rings. The van der Waals surface area contributed by atoms with Crippen molar-refractivity contribution in [1.29, 1.82) is 0 Å². The average Bonchev–Trinajstić information content (AvgIpc) is 2.79. The van der Waals surface area contributed by atoms with Crippen molar-refractivity contribution in [3.63, 3.8) is 0 Å². The van der Waals surface area contributed by atoms with Crippen LogP contribution < -0.4 is 19.6 Å². The second-order valence-electron chi connectivity index (χ2n) is 6.51. The number of halogens is 1. The van der Waals surface area contributed by atoms with Crippen molar-refractivity contribution in [3.8, 4) is 17.2 Å². The van der Waals surface area contributed by atoms with Crippen molar-refractivity contribution in [2.45, 2.75) is 6.42 Å². The van der Waals surface area contributed by atoms with E-state index in [9.17, 15) is 4.79 Å². The van der Waals surface area contributed by atoms with Gasteiger partial charge in [0.1, 0.15) is 17.2 Å². The summed E-state index contributed by atoms with van der Waals surface area (Å²) in [7, 11) is 1.63. The number of hydrogen-bond donors (Lipinski definition) is 1. The maximum absolute atomic E-state index is 12.1. The van der Waals surface area contributed by atoms with E-state index in [1.54, 1.807) is 37.6 Å². The number of rotatable bonds is 10. The first-order chi connectivity index (χ1) is 15.1. The Morgan fingerprint density at radius 2 is 1.65 bits per heavy atom. The zero-order chi connectivity index (χ0) is 21.9. The summed E-state index contributed by atoms with van der Waals surface area (Å²) in [6.45, 7) is 1.06. The van der Waals surface area contributed by atoms with Gasteiger partial charge in [0, 0.05) is 17.0 Å². The number of methoxy groups -OCH3 is 1. The second-order valence-corrected chi connectivity index (χ2v) is 6.94. The summed E-state index contributed by atoms with van der Waals surface area (Å²) in [5, 5.41) is 4.49. The zero-order valence-electron chi connectivity index (χ0n) is 17.1. The van der Waals surface area contributed by atoms with Crippen LogP contribution in [0.5, 0.6) is 17.2 Å². The number of hydrazone groups is 1. The standard InChI is InChI=1S/C24H23ClN2O4/c1-29-21-9-11-22(12-10-21)30-13-4-14-31-23-8-2-5-18(15-23)17-26-27-24(28)19-6-3-7-20(25)16-19/h2-3,5-12,15-17H,4,13-14H2,1H3,(H,27,28)/b26-17-. The van der Waals surface area contributed by atoms with E-state index in [0.29, 0.717) is 23.8 Å². The maximum Gasteiger partial charge on any atom is 0.271 e. The van der Waals surface area contributed by atoms with Crippen LogP contribution in [0.4, 0.5) is 0 Å². The molecule has 0 unspecified atom stereocenters. The van der Waals surface area contributed by atoms with E-state index in [1.165, 1.54) is 0 Å². The quantitative estimate of drug-likeness (QED) is 0.276. The lowest BCUT2D eigenvalue weighted by molar-refractivity contribution is 0.0955. The van der Waals surface area contributed by atoms with Gasteiger partial charge in [-0.25, -0.2) is 5.43 Å². The number of hydrogen-bond acceptors (Lipinski definition) is 5. The summed E-state index contributed by atoms with van der Waals surface area (Å²) < 4.78 is 16.6. The Morgan fingerprint density at radius 1 is 0.935 bits per heavy atom. The Kier molecular flexibility index (Phi) is 8.31. The topological polar surface area (TPSA) is 69.2 Å². The molecule has 0 aromatic heterocycles. The number of nitrogens with zero attached hydrogens (tertiary/aromatic N) is 1. The smallest absolute Gasteiger partial charge is 0.271 e. The van der Waals surface area contributed by atoms with Gasteiger partial charge in [-0.05, 0) is 60.2 Å². The fourth-order valence-corrected chi connectivity index (χ4v) is 2.85. The summed E-state index contributed by atoms with van der Waals surface area (Å²) >= 11 is 5.90. The Morgan fingerprint density at radius 3 is 2.39 bits per heavy atom. The van der Waals surface area contributed by atoms with E-state index < -0.39 is 0 Å². The normalized spacial score (nSPS) is 10.6. The molecule has 0 aliphatic heterocycles. The highest BCUT2D eigenvalue weighted by molar-refractivity contribution is 6.30. The summed E-state index contributed by atoms with van der Waals surface area (Å²) in [5.74, 6) is 1.97. The molecule has 0 heterocycles. The van der Waals surface area contributed by atoms with E-state index in [0.717, 1.165) is 29.2 Å². The molecule has 1 amide bonds. The van der Waals surface area contributed by atoms with Crippen LogP contribution in [0.25, 0.3) is 0 Å². The van der Waals surface area contributed by atoms with Gasteiger partial charge in [-0.3, -0.25) is 4.79 Å².